The first-order valence-corrected chi connectivity index (χ1v) is 9.00. The molecule has 0 aliphatic carbocycles. The highest BCUT2D eigenvalue weighted by Crippen LogP contribution is 2.42. The van der Waals surface area contributed by atoms with Gasteiger partial charge in [0.25, 0.3) is 0 Å². The average molecular weight is 373 g/mol. The van der Waals surface area contributed by atoms with Gasteiger partial charge < -0.3 is 15.2 Å². The molecule has 2 aliphatic heterocycles. The van der Waals surface area contributed by atoms with E-state index in [2.05, 4.69) is 58.6 Å². The van der Waals surface area contributed by atoms with Crippen LogP contribution in [0.2, 0.25) is 0 Å². The zero-order chi connectivity index (χ0) is 15.0. The Morgan fingerprint density at radius 3 is 2.71 bits per heavy atom. The highest BCUT2D eigenvalue weighted by Gasteiger charge is 2.29. The normalized spacial score (nSPS) is 26.9. The molecule has 0 amide bonds. The van der Waals surface area contributed by atoms with Gasteiger partial charge in [0, 0.05) is 36.2 Å². The second-order valence-corrected chi connectivity index (χ2v) is 8.44. The van der Waals surface area contributed by atoms with Crippen molar-refractivity contribution in [3.05, 3.63) is 22.2 Å². The number of hydrogen-bond acceptors (Lipinski definition) is 5. The molecule has 116 valence electrons. The summed E-state index contributed by atoms with van der Waals surface area (Å²) < 4.78 is 11.9. The molecule has 3 unspecified atom stereocenters. The van der Waals surface area contributed by atoms with Crippen molar-refractivity contribution in [2.24, 2.45) is 5.73 Å². The molecule has 1 aromatic rings. The lowest BCUT2D eigenvalue weighted by Gasteiger charge is -2.39. The molecule has 2 N–H and O–H groups in total. The van der Waals surface area contributed by atoms with E-state index < -0.39 is 0 Å². The maximum Gasteiger partial charge on any atom is 0.231 e. The van der Waals surface area contributed by atoms with E-state index in [1.165, 1.54) is 5.56 Å². The minimum Gasteiger partial charge on any atom is -0.454 e. The van der Waals surface area contributed by atoms with Crippen LogP contribution in [-0.2, 0) is 0 Å². The Hall–Kier alpha value is -0.430. The van der Waals surface area contributed by atoms with Crippen LogP contribution in [0.25, 0.3) is 0 Å². The maximum absolute atomic E-state index is 6.09. The average Bonchev–Trinajstić information content (AvgIpc) is 2.87. The number of fused-ring (bicyclic) bond motifs is 1. The summed E-state index contributed by atoms with van der Waals surface area (Å²) >= 11 is 5.63. The molecule has 2 aliphatic rings. The Morgan fingerprint density at radius 1 is 1.33 bits per heavy atom. The van der Waals surface area contributed by atoms with Gasteiger partial charge in [-0.25, -0.2) is 0 Å². The number of thioether (sulfide) groups is 1. The summed E-state index contributed by atoms with van der Waals surface area (Å²) in [4.78, 5) is 2.50. The molecule has 6 heteroatoms. The third-order valence-electron chi connectivity index (χ3n) is 3.95. The molecule has 2 heterocycles. The Labute approximate surface area is 138 Å². The molecule has 3 atom stereocenters. The molecule has 1 saturated heterocycles. The molecule has 1 fully saturated rings. The zero-order valence-corrected chi connectivity index (χ0v) is 14.7. The summed E-state index contributed by atoms with van der Waals surface area (Å²) in [7, 11) is 0. The van der Waals surface area contributed by atoms with Crippen molar-refractivity contribution in [3.63, 3.8) is 0 Å². The topological polar surface area (TPSA) is 47.7 Å². The van der Waals surface area contributed by atoms with E-state index in [0.29, 0.717) is 23.8 Å². The van der Waals surface area contributed by atoms with E-state index in [0.717, 1.165) is 29.1 Å². The smallest absolute Gasteiger partial charge is 0.231 e. The second kappa shape index (κ2) is 6.36. The third-order valence-corrected chi connectivity index (χ3v) is 5.76. The monoisotopic (exact) mass is 372 g/mol. The maximum atomic E-state index is 6.09. The Bertz CT molecular complexity index is 519. The number of benzene rings is 1. The van der Waals surface area contributed by atoms with Gasteiger partial charge in [0.05, 0.1) is 4.47 Å². The lowest BCUT2D eigenvalue weighted by molar-refractivity contribution is 0.173. The second-order valence-electron chi connectivity index (χ2n) is 5.70. The number of rotatable bonds is 3. The van der Waals surface area contributed by atoms with Gasteiger partial charge in [-0.15, -0.1) is 0 Å². The van der Waals surface area contributed by atoms with Gasteiger partial charge in [0.1, 0.15) is 0 Å². The van der Waals surface area contributed by atoms with Crippen LogP contribution >= 0.6 is 27.7 Å². The van der Waals surface area contributed by atoms with Crippen LogP contribution in [0, 0.1) is 0 Å². The van der Waals surface area contributed by atoms with Gasteiger partial charge in [0.15, 0.2) is 11.5 Å². The fraction of sp³-hybridized carbons (Fsp3) is 0.600. The molecule has 0 radical (unpaired) electrons. The largest absolute Gasteiger partial charge is 0.454 e. The van der Waals surface area contributed by atoms with E-state index >= 15 is 0 Å². The minimum absolute atomic E-state index is 0.224. The third kappa shape index (κ3) is 3.18. The summed E-state index contributed by atoms with van der Waals surface area (Å²) in [5.74, 6) is 1.61. The molecule has 4 nitrogen and oxygen atoms in total. The van der Waals surface area contributed by atoms with Gasteiger partial charge in [-0.3, -0.25) is 4.90 Å². The lowest BCUT2D eigenvalue weighted by Crippen LogP contribution is -2.44. The first-order chi connectivity index (χ1) is 10.1. The van der Waals surface area contributed by atoms with Crippen molar-refractivity contribution in [3.8, 4) is 11.5 Å². The van der Waals surface area contributed by atoms with Crippen LogP contribution in [0.15, 0.2) is 16.6 Å². The molecule has 21 heavy (non-hydrogen) atoms. The van der Waals surface area contributed by atoms with E-state index in [1.807, 2.05) is 0 Å². The summed E-state index contributed by atoms with van der Waals surface area (Å²) in [6, 6.07) is 4.41. The van der Waals surface area contributed by atoms with Gasteiger partial charge in [-0.2, -0.15) is 11.8 Å². The highest BCUT2D eigenvalue weighted by atomic mass is 79.9. The standard InChI is InChI=1S/C15H21BrN2O2S/c1-9-6-18(7-10(2)21-9)13(5-17)11-3-12(16)15-14(4-11)19-8-20-15/h3-4,9-10,13H,5-8,17H2,1-2H3. The summed E-state index contributed by atoms with van der Waals surface area (Å²) in [6.45, 7) is 7.62. The van der Waals surface area contributed by atoms with Crippen LogP contribution in [0.4, 0.5) is 0 Å². The summed E-state index contributed by atoms with van der Waals surface area (Å²) in [6.07, 6.45) is 0. The number of halogens is 1. The van der Waals surface area contributed by atoms with E-state index in [9.17, 15) is 0 Å². The van der Waals surface area contributed by atoms with Gasteiger partial charge in [-0.1, -0.05) is 13.8 Å². The SMILES string of the molecule is CC1CN(C(CN)c2cc(Br)c3c(c2)OCO3)CC(C)S1. The minimum atomic E-state index is 0.224. The van der Waals surface area contributed by atoms with Crippen molar-refractivity contribution < 1.29 is 9.47 Å². The fourth-order valence-corrected chi connectivity index (χ4v) is 5.07. The molecule has 0 bridgehead atoms. The van der Waals surface area contributed by atoms with Gasteiger partial charge in [0.2, 0.25) is 6.79 Å². The Morgan fingerprint density at radius 2 is 2.05 bits per heavy atom. The van der Waals surface area contributed by atoms with Gasteiger partial charge in [-0.05, 0) is 33.6 Å². The van der Waals surface area contributed by atoms with E-state index in [4.69, 9.17) is 15.2 Å². The predicted octanol–water partition coefficient (Wildman–Crippen LogP) is 3.00. The number of nitrogens with zero attached hydrogens (tertiary/aromatic N) is 1. The quantitative estimate of drug-likeness (QED) is 0.883. The molecule has 0 aromatic heterocycles. The van der Waals surface area contributed by atoms with Crippen LogP contribution in [0.3, 0.4) is 0 Å². The predicted molar refractivity (Wildman–Crippen MR) is 90.1 cm³/mol. The van der Waals surface area contributed by atoms with E-state index in [-0.39, 0.29) is 6.04 Å². The number of hydrogen-bond donors (Lipinski definition) is 1. The fourth-order valence-electron chi connectivity index (χ4n) is 3.15. The number of nitrogens with two attached hydrogens (primary N) is 1. The van der Waals surface area contributed by atoms with Crippen LogP contribution in [0.1, 0.15) is 25.5 Å². The highest BCUT2D eigenvalue weighted by molar-refractivity contribution is 9.10. The Balaban J connectivity index is 1.88. The van der Waals surface area contributed by atoms with Crippen molar-refractivity contribution in [1.82, 2.24) is 4.90 Å². The van der Waals surface area contributed by atoms with Gasteiger partial charge >= 0.3 is 0 Å². The summed E-state index contributed by atoms with van der Waals surface area (Å²) in [5.41, 5.74) is 7.28. The van der Waals surface area contributed by atoms with Crippen LogP contribution in [-0.4, -0.2) is 41.8 Å². The van der Waals surface area contributed by atoms with Crippen molar-refractivity contribution in [1.29, 1.82) is 0 Å². The Kier molecular flexibility index (Phi) is 4.69. The number of ether oxygens (including phenoxy) is 2. The van der Waals surface area contributed by atoms with Crippen LogP contribution < -0.4 is 15.2 Å². The zero-order valence-electron chi connectivity index (χ0n) is 12.3. The molecular weight excluding hydrogens is 352 g/mol. The molecule has 0 spiro atoms. The van der Waals surface area contributed by atoms with Crippen molar-refractivity contribution in [2.75, 3.05) is 26.4 Å². The summed E-state index contributed by atoms with van der Waals surface area (Å²) in [5, 5.41) is 1.28. The first kappa shape index (κ1) is 15.5. The first-order valence-electron chi connectivity index (χ1n) is 7.27. The van der Waals surface area contributed by atoms with Crippen LogP contribution in [0.5, 0.6) is 11.5 Å². The molecule has 0 saturated carbocycles. The lowest BCUT2D eigenvalue weighted by atomic mass is 10.0. The van der Waals surface area contributed by atoms with Crippen molar-refractivity contribution in [2.45, 2.75) is 30.4 Å². The van der Waals surface area contributed by atoms with Crippen molar-refractivity contribution >= 4 is 27.7 Å². The molecular formula is C15H21BrN2O2S. The molecule has 1 aromatic carbocycles. The molecule has 3 rings (SSSR count). The van der Waals surface area contributed by atoms with E-state index in [1.54, 1.807) is 0 Å².